The van der Waals surface area contributed by atoms with E-state index < -0.39 is 0 Å². The third-order valence-electron chi connectivity index (χ3n) is 3.88. The van der Waals surface area contributed by atoms with Crippen LogP contribution in [0.3, 0.4) is 0 Å². The molecule has 2 aromatic carbocycles. The van der Waals surface area contributed by atoms with Gasteiger partial charge in [0.25, 0.3) is 0 Å². The van der Waals surface area contributed by atoms with Crippen LogP contribution in [0.25, 0.3) is 0 Å². The number of ether oxygens (including phenoxy) is 2. The van der Waals surface area contributed by atoms with Crippen LogP contribution in [-0.4, -0.2) is 25.1 Å². The summed E-state index contributed by atoms with van der Waals surface area (Å²) < 4.78 is 11.4. The van der Waals surface area contributed by atoms with Gasteiger partial charge in [0.2, 0.25) is 0 Å². The van der Waals surface area contributed by atoms with Crippen LogP contribution in [-0.2, 0) is 17.9 Å². The zero-order valence-electron chi connectivity index (χ0n) is 14.1. The first kappa shape index (κ1) is 16.5. The molecule has 1 N–H and O–H groups in total. The van der Waals surface area contributed by atoms with Gasteiger partial charge in [-0.2, -0.15) is 0 Å². The second kappa shape index (κ2) is 8.50. The lowest BCUT2D eigenvalue weighted by Crippen LogP contribution is -2.18. The molecule has 3 rings (SSSR count). The number of nitrogens with zero attached hydrogens (tertiary/aromatic N) is 1. The predicted octanol–water partition coefficient (Wildman–Crippen LogP) is 3.56. The Hall–Kier alpha value is -2.33. The third-order valence-corrected chi connectivity index (χ3v) is 3.88. The van der Waals surface area contributed by atoms with Gasteiger partial charge in [-0.25, -0.2) is 0 Å². The van der Waals surface area contributed by atoms with E-state index in [1.54, 1.807) is 0 Å². The molecule has 24 heavy (non-hydrogen) atoms. The fraction of sp³-hybridized carbons (Fsp3) is 0.350. The van der Waals surface area contributed by atoms with Crippen molar-refractivity contribution in [2.45, 2.75) is 32.6 Å². The molecule has 126 valence electrons. The highest BCUT2D eigenvalue weighted by atomic mass is 16.5. The number of rotatable bonds is 8. The van der Waals surface area contributed by atoms with E-state index in [0.29, 0.717) is 6.61 Å². The molecule has 0 aliphatic carbocycles. The largest absolute Gasteiger partial charge is 0.489 e. The summed E-state index contributed by atoms with van der Waals surface area (Å²) in [7, 11) is 0. The SMILES string of the molecule is C[C@H]1CN=C(CCNCc2ccc(OCc3ccccc3)cc2)O1. The molecule has 1 aliphatic heterocycles. The topological polar surface area (TPSA) is 42.9 Å². The summed E-state index contributed by atoms with van der Waals surface area (Å²) in [4.78, 5) is 4.36. The number of hydrogen-bond acceptors (Lipinski definition) is 4. The van der Waals surface area contributed by atoms with E-state index in [0.717, 1.165) is 37.7 Å². The molecule has 0 spiro atoms. The summed E-state index contributed by atoms with van der Waals surface area (Å²) in [6.45, 7) is 5.14. The molecule has 0 saturated heterocycles. The van der Waals surface area contributed by atoms with Crippen LogP contribution < -0.4 is 10.1 Å². The van der Waals surface area contributed by atoms with Gasteiger partial charge in [-0.3, -0.25) is 4.99 Å². The molecule has 0 radical (unpaired) electrons. The van der Waals surface area contributed by atoms with Crippen LogP contribution in [0.4, 0.5) is 0 Å². The van der Waals surface area contributed by atoms with Gasteiger partial charge >= 0.3 is 0 Å². The molecule has 4 nitrogen and oxygen atoms in total. The van der Waals surface area contributed by atoms with Crippen LogP contribution in [0.15, 0.2) is 59.6 Å². The predicted molar refractivity (Wildman–Crippen MR) is 96.4 cm³/mol. The molecule has 4 heteroatoms. The first-order chi connectivity index (χ1) is 11.8. The zero-order valence-corrected chi connectivity index (χ0v) is 14.1. The molecule has 0 aromatic heterocycles. The van der Waals surface area contributed by atoms with Crippen molar-refractivity contribution >= 4 is 5.90 Å². The summed E-state index contributed by atoms with van der Waals surface area (Å²) in [6.07, 6.45) is 1.09. The average Bonchev–Trinajstić information content (AvgIpc) is 3.04. The van der Waals surface area contributed by atoms with Crippen LogP contribution in [0.5, 0.6) is 5.75 Å². The van der Waals surface area contributed by atoms with Crippen molar-refractivity contribution in [3.05, 3.63) is 65.7 Å². The van der Waals surface area contributed by atoms with Crippen LogP contribution >= 0.6 is 0 Å². The Bertz CT molecular complexity index is 653. The van der Waals surface area contributed by atoms with Gasteiger partial charge in [-0.15, -0.1) is 0 Å². The highest BCUT2D eigenvalue weighted by Crippen LogP contribution is 2.14. The fourth-order valence-corrected chi connectivity index (χ4v) is 2.55. The Morgan fingerprint density at radius 1 is 1.08 bits per heavy atom. The summed E-state index contributed by atoms with van der Waals surface area (Å²) in [6, 6.07) is 18.4. The Labute approximate surface area is 143 Å². The van der Waals surface area contributed by atoms with Gasteiger partial charge in [0, 0.05) is 19.5 Å². The minimum Gasteiger partial charge on any atom is -0.489 e. The Morgan fingerprint density at radius 3 is 2.58 bits per heavy atom. The molecule has 2 aromatic rings. The fourth-order valence-electron chi connectivity index (χ4n) is 2.55. The molecule has 0 saturated carbocycles. The first-order valence-corrected chi connectivity index (χ1v) is 8.46. The standard InChI is InChI=1S/C20H24N2O2/c1-16-13-22-20(24-16)11-12-21-14-17-7-9-19(10-8-17)23-15-18-5-3-2-4-6-18/h2-10,16,21H,11-15H2,1H3/t16-/m0/s1. The summed E-state index contributed by atoms with van der Waals surface area (Å²) in [5.41, 5.74) is 2.42. The molecule has 0 unspecified atom stereocenters. The van der Waals surface area contributed by atoms with Gasteiger partial charge < -0.3 is 14.8 Å². The van der Waals surface area contributed by atoms with Crippen molar-refractivity contribution in [1.82, 2.24) is 5.32 Å². The monoisotopic (exact) mass is 324 g/mol. The Morgan fingerprint density at radius 2 is 1.88 bits per heavy atom. The van der Waals surface area contributed by atoms with Crippen molar-refractivity contribution in [2.75, 3.05) is 13.1 Å². The van der Waals surface area contributed by atoms with E-state index in [1.165, 1.54) is 11.1 Å². The highest BCUT2D eigenvalue weighted by Gasteiger charge is 2.13. The average molecular weight is 324 g/mol. The molecular formula is C20H24N2O2. The highest BCUT2D eigenvalue weighted by molar-refractivity contribution is 5.77. The van der Waals surface area contributed by atoms with Gasteiger partial charge in [-0.05, 0) is 30.2 Å². The summed E-state index contributed by atoms with van der Waals surface area (Å²) >= 11 is 0. The number of benzene rings is 2. The minimum atomic E-state index is 0.239. The lowest BCUT2D eigenvalue weighted by molar-refractivity contribution is 0.239. The Balaban J connectivity index is 1.37. The van der Waals surface area contributed by atoms with E-state index in [4.69, 9.17) is 9.47 Å². The molecule has 0 bridgehead atoms. The van der Waals surface area contributed by atoms with Crippen molar-refractivity contribution in [2.24, 2.45) is 4.99 Å². The van der Waals surface area contributed by atoms with Crippen molar-refractivity contribution < 1.29 is 9.47 Å². The molecule has 1 atom stereocenters. The van der Waals surface area contributed by atoms with E-state index in [-0.39, 0.29) is 6.10 Å². The summed E-state index contributed by atoms with van der Waals surface area (Å²) in [5, 5.41) is 3.42. The quantitative estimate of drug-likeness (QED) is 0.755. The van der Waals surface area contributed by atoms with E-state index in [2.05, 4.69) is 34.6 Å². The Kier molecular flexibility index (Phi) is 5.85. The van der Waals surface area contributed by atoms with Crippen molar-refractivity contribution in [1.29, 1.82) is 0 Å². The number of aliphatic imine (C=N–C) groups is 1. The molecular weight excluding hydrogens is 300 g/mol. The second-order valence-corrected chi connectivity index (χ2v) is 6.01. The molecule has 0 fully saturated rings. The van der Waals surface area contributed by atoms with Gasteiger partial charge in [-0.1, -0.05) is 42.5 Å². The normalized spacial score (nSPS) is 16.5. The van der Waals surface area contributed by atoms with E-state index >= 15 is 0 Å². The lowest BCUT2D eigenvalue weighted by Gasteiger charge is -2.09. The maximum Gasteiger partial charge on any atom is 0.184 e. The molecule has 0 amide bonds. The number of nitrogens with one attached hydrogen (secondary N) is 1. The van der Waals surface area contributed by atoms with E-state index in [1.807, 2.05) is 37.3 Å². The smallest absolute Gasteiger partial charge is 0.184 e. The van der Waals surface area contributed by atoms with Crippen LogP contribution in [0.2, 0.25) is 0 Å². The van der Waals surface area contributed by atoms with Crippen LogP contribution in [0, 0.1) is 0 Å². The van der Waals surface area contributed by atoms with E-state index in [9.17, 15) is 0 Å². The number of hydrogen-bond donors (Lipinski definition) is 1. The van der Waals surface area contributed by atoms with Gasteiger partial charge in [0.15, 0.2) is 5.90 Å². The van der Waals surface area contributed by atoms with Gasteiger partial charge in [0.1, 0.15) is 18.5 Å². The maximum atomic E-state index is 5.80. The second-order valence-electron chi connectivity index (χ2n) is 6.01. The van der Waals surface area contributed by atoms with Crippen LogP contribution in [0.1, 0.15) is 24.5 Å². The van der Waals surface area contributed by atoms with Crippen molar-refractivity contribution in [3.63, 3.8) is 0 Å². The molecule has 1 aliphatic rings. The zero-order chi connectivity index (χ0) is 16.6. The van der Waals surface area contributed by atoms with Crippen molar-refractivity contribution in [3.8, 4) is 5.75 Å². The lowest BCUT2D eigenvalue weighted by atomic mass is 10.2. The third kappa shape index (κ3) is 5.10. The minimum absolute atomic E-state index is 0.239. The first-order valence-electron chi connectivity index (χ1n) is 8.46. The maximum absolute atomic E-state index is 5.80. The molecule has 1 heterocycles. The van der Waals surface area contributed by atoms with Gasteiger partial charge in [0.05, 0.1) is 6.54 Å². The summed E-state index contributed by atoms with van der Waals surface area (Å²) in [5.74, 6) is 1.77.